The molecule has 0 spiro atoms. The lowest BCUT2D eigenvalue weighted by Crippen LogP contribution is -2.43. The average Bonchev–Trinajstić information content (AvgIpc) is 3.15. The number of Topliss-reactive ketones (excluding diaryl/α,β-unsaturated/α-hetero) is 1. The number of carbonyl (C=O) groups excluding carboxylic acids is 2. The molecule has 10 nitrogen and oxygen atoms in total. The molecule has 0 aliphatic carbocycles. The zero-order valence-electron chi connectivity index (χ0n) is 20.7. The number of hydrogen-bond donors (Lipinski definition) is 2. The topological polar surface area (TPSA) is 130 Å². The number of benzene rings is 2. The second-order valence-electron chi connectivity index (χ2n) is 8.43. The highest BCUT2D eigenvalue weighted by Crippen LogP contribution is 2.40. The van der Waals surface area contributed by atoms with Gasteiger partial charge in [-0.05, 0) is 48.2 Å². The first-order chi connectivity index (χ1) is 17.2. The molecule has 1 aliphatic heterocycles. The summed E-state index contributed by atoms with van der Waals surface area (Å²) in [7, 11) is 4.49. The van der Waals surface area contributed by atoms with Crippen LogP contribution in [-0.2, 0) is 9.59 Å². The number of methoxy groups -OCH3 is 3. The van der Waals surface area contributed by atoms with Crippen LogP contribution in [0.1, 0.15) is 36.2 Å². The lowest BCUT2D eigenvalue weighted by atomic mass is 10.0. The summed E-state index contributed by atoms with van der Waals surface area (Å²) < 4.78 is 27.3. The molecule has 2 aromatic rings. The molecule has 0 saturated heterocycles. The van der Waals surface area contributed by atoms with Crippen molar-refractivity contribution in [2.24, 2.45) is 5.92 Å². The third kappa shape index (κ3) is 6.07. The van der Waals surface area contributed by atoms with E-state index in [-0.39, 0.29) is 29.8 Å². The number of rotatable bonds is 11. The summed E-state index contributed by atoms with van der Waals surface area (Å²) in [6, 6.07) is 6.96. The Kier molecular flexibility index (Phi) is 8.42. The molecular formula is C26H29NO9. The van der Waals surface area contributed by atoms with E-state index in [1.807, 2.05) is 13.8 Å². The van der Waals surface area contributed by atoms with Crippen molar-refractivity contribution in [2.75, 3.05) is 27.9 Å². The second kappa shape index (κ2) is 11.5. The van der Waals surface area contributed by atoms with E-state index >= 15 is 0 Å². The van der Waals surface area contributed by atoms with Crippen molar-refractivity contribution in [2.45, 2.75) is 26.3 Å². The molecule has 0 bridgehead atoms. The monoisotopic (exact) mass is 499 g/mol. The summed E-state index contributed by atoms with van der Waals surface area (Å²) in [5.41, 5.74) is 0.941. The Balaban J connectivity index is 1.72. The smallest absolute Gasteiger partial charge is 0.326 e. The standard InChI is InChI=1S/C26H29NO9/c1-14(2)8-18(26(30)31)27-23(28)13-35-16-6-7-17-19(12-16)36-20(24(17)29)9-15-10-21(32-3)25(34-5)22(11-15)33-4/h6-7,9-12,14,18H,8,13H2,1-5H3,(H,27,28)(H,30,31)/t18-/m1/s1. The molecule has 1 heterocycles. The fourth-order valence-corrected chi connectivity index (χ4v) is 3.67. The Morgan fingerprint density at radius 3 is 2.28 bits per heavy atom. The number of ketones is 1. The largest absolute Gasteiger partial charge is 0.493 e. The van der Waals surface area contributed by atoms with E-state index in [1.165, 1.54) is 27.4 Å². The molecule has 2 aromatic carbocycles. The van der Waals surface area contributed by atoms with E-state index in [0.717, 1.165) is 0 Å². The molecule has 1 aliphatic rings. The SMILES string of the molecule is COc1cc(C=C2Oc3cc(OCC(=O)N[C@H](CC(C)C)C(=O)O)ccc3C2=O)cc(OC)c1OC. The maximum Gasteiger partial charge on any atom is 0.326 e. The average molecular weight is 500 g/mol. The number of fused-ring (bicyclic) bond motifs is 1. The fraction of sp³-hybridized carbons (Fsp3) is 0.346. The number of carbonyl (C=O) groups is 3. The Labute approximate surface area is 208 Å². The lowest BCUT2D eigenvalue weighted by molar-refractivity contribution is -0.142. The Morgan fingerprint density at radius 1 is 1.06 bits per heavy atom. The van der Waals surface area contributed by atoms with Crippen LogP contribution in [0.15, 0.2) is 36.1 Å². The van der Waals surface area contributed by atoms with Gasteiger partial charge >= 0.3 is 5.97 Å². The number of nitrogens with one attached hydrogen (secondary N) is 1. The first-order valence-corrected chi connectivity index (χ1v) is 11.2. The van der Waals surface area contributed by atoms with Crippen LogP contribution >= 0.6 is 0 Å². The molecule has 0 radical (unpaired) electrons. The number of amides is 1. The van der Waals surface area contributed by atoms with Crippen molar-refractivity contribution in [3.8, 4) is 28.7 Å². The second-order valence-corrected chi connectivity index (χ2v) is 8.43. The molecule has 0 fully saturated rings. The number of hydrogen-bond acceptors (Lipinski definition) is 8. The van der Waals surface area contributed by atoms with Crippen LogP contribution in [0, 0.1) is 5.92 Å². The Morgan fingerprint density at radius 2 is 1.72 bits per heavy atom. The van der Waals surface area contributed by atoms with Gasteiger partial charge in [-0.15, -0.1) is 0 Å². The van der Waals surface area contributed by atoms with Gasteiger partial charge in [0.1, 0.15) is 17.5 Å². The van der Waals surface area contributed by atoms with Crippen molar-refractivity contribution in [3.63, 3.8) is 0 Å². The number of ether oxygens (including phenoxy) is 5. The Bertz CT molecular complexity index is 1160. The van der Waals surface area contributed by atoms with Gasteiger partial charge in [0.25, 0.3) is 5.91 Å². The molecule has 0 unspecified atom stereocenters. The van der Waals surface area contributed by atoms with Gasteiger partial charge in [-0.1, -0.05) is 13.8 Å². The third-order valence-corrected chi connectivity index (χ3v) is 5.34. The minimum Gasteiger partial charge on any atom is -0.493 e. The van der Waals surface area contributed by atoms with Gasteiger partial charge in [0.15, 0.2) is 23.9 Å². The molecule has 0 saturated carbocycles. The minimum atomic E-state index is -1.10. The van der Waals surface area contributed by atoms with Gasteiger partial charge in [0.2, 0.25) is 11.5 Å². The van der Waals surface area contributed by atoms with E-state index in [1.54, 1.807) is 30.3 Å². The Hall–Kier alpha value is -4.21. The quantitative estimate of drug-likeness (QED) is 0.447. The van der Waals surface area contributed by atoms with Gasteiger partial charge in [-0.3, -0.25) is 9.59 Å². The van der Waals surface area contributed by atoms with E-state index in [0.29, 0.717) is 40.5 Å². The summed E-state index contributed by atoms with van der Waals surface area (Å²) in [6.07, 6.45) is 1.86. The number of carboxylic acids is 1. The van der Waals surface area contributed by atoms with Crippen LogP contribution in [-0.4, -0.2) is 56.7 Å². The summed E-state index contributed by atoms with van der Waals surface area (Å²) in [5.74, 6) is 0.0547. The number of carboxylic acid groups (broad SMARTS) is 1. The maximum atomic E-state index is 12.8. The van der Waals surface area contributed by atoms with Crippen molar-refractivity contribution in [1.29, 1.82) is 0 Å². The third-order valence-electron chi connectivity index (χ3n) is 5.34. The van der Waals surface area contributed by atoms with Crippen LogP contribution in [0.25, 0.3) is 6.08 Å². The minimum absolute atomic E-state index is 0.0900. The van der Waals surface area contributed by atoms with Crippen molar-refractivity contribution in [1.82, 2.24) is 5.32 Å². The molecule has 3 rings (SSSR count). The fourth-order valence-electron chi connectivity index (χ4n) is 3.67. The van der Waals surface area contributed by atoms with Gasteiger partial charge in [0, 0.05) is 6.07 Å². The van der Waals surface area contributed by atoms with Crippen molar-refractivity contribution >= 4 is 23.7 Å². The molecule has 1 atom stereocenters. The zero-order valence-corrected chi connectivity index (χ0v) is 20.7. The van der Waals surface area contributed by atoms with Crippen LogP contribution in [0.3, 0.4) is 0 Å². The van der Waals surface area contributed by atoms with Crippen LogP contribution in [0.2, 0.25) is 0 Å². The van der Waals surface area contributed by atoms with Gasteiger partial charge in [-0.2, -0.15) is 0 Å². The summed E-state index contributed by atoms with van der Waals surface area (Å²) in [5, 5.41) is 11.7. The van der Waals surface area contributed by atoms with E-state index in [2.05, 4.69) is 5.32 Å². The highest BCUT2D eigenvalue weighted by Gasteiger charge is 2.28. The van der Waals surface area contributed by atoms with Gasteiger partial charge in [-0.25, -0.2) is 4.79 Å². The molecular weight excluding hydrogens is 470 g/mol. The van der Waals surface area contributed by atoms with Crippen molar-refractivity contribution in [3.05, 3.63) is 47.2 Å². The van der Waals surface area contributed by atoms with E-state index in [4.69, 9.17) is 23.7 Å². The molecule has 36 heavy (non-hydrogen) atoms. The predicted octanol–water partition coefficient (Wildman–Crippen LogP) is 3.32. The summed E-state index contributed by atoms with van der Waals surface area (Å²) in [6.45, 7) is 3.35. The summed E-state index contributed by atoms with van der Waals surface area (Å²) >= 11 is 0. The van der Waals surface area contributed by atoms with Crippen molar-refractivity contribution < 1.29 is 43.2 Å². The molecule has 10 heteroatoms. The first kappa shape index (κ1) is 26.4. The van der Waals surface area contributed by atoms with E-state index < -0.39 is 17.9 Å². The van der Waals surface area contributed by atoms with Crippen LogP contribution in [0.5, 0.6) is 28.7 Å². The highest BCUT2D eigenvalue weighted by molar-refractivity contribution is 6.14. The predicted molar refractivity (Wildman–Crippen MR) is 130 cm³/mol. The highest BCUT2D eigenvalue weighted by atomic mass is 16.5. The van der Waals surface area contributed by atoms with Gasteiger partial charge < -0.3 is 34.1 Å². The molecule has 0 aromatic heterocycles. The summed E-state index contributed by atoms with van der Waals surface area (Å²) in [4.78, 5) is 36.4. The maximum absolute atomic E-state index is 12.8. The van der Waals surface area contributed by atoms with E-state index in [9.17, 15) is 19.5 Å². The molecule has 192 valence electrons. The van der Waals surface area contributed by atoms with Crippen LogP contribution in [0.4, 0.5) is 0 Å². The lowest BCUT2D eigenvalue weighted by Gasteiger charge is -2.16. The first-order valence-electron chi connectivity index (χ1n) is 11.2. The number of allylic oxidation sites excluding steroid dienone is 1. The normalized spacial score (nSPS) is 14.2. The number of aliphatic carboxylic acids is 1. The molecule has 2 N–H and O–H groups in total. The zero-order chi connectivity index (χ0) is 26.4. The van der Waals surface area contributed by atoms with Crippen LogP contribution < -0.4 is 29.0 Å². The molecule has 1 amide bonds. The van der Waals surface area contributed by atoms with Gasteiger partial charge in [0.05, 0.1) is 26.9 Å².